The highest BCUT2D eigenvalue weighted by atomic mass is 16.5. The van der Waals surface area contributed by atoms with E-state index in [9.17, 15) is 19.5 Å². The number of unbranched alkanes of at least 4 members (excludes halogenated alkanes) is 2. The largest absolute Gasteiger partial charge is 0.489 e. The zero-order valence-corrected chi connectivity index (χ0v) is 25.6. The van der Waals surface area contributed by atoms with Crippen molar-refractivity contribution in [2.24, 2.45) is 11.8 Å². The van der Waals surface area contributed by atoms with Crippen LogP contribution in [0.25, 0.3) is 0 Å². The van der Waals surface area contributed by atoms with E-state index < -0.39 is 12.0 Å². The summed E-state index contributed by atoms with van der Waals surface area (Å²) in [7, 11) is 0. The van der Waals surface area contributed by atoms with Crippen molar-refractivity contribution in [3.05, 3.63) is 91.0 Å². The van der Waals surface area contributed by atoms with E-state index in [1.807, 2.05) is 74.5 Å². The van der Waals surface area contributed by atoms with Crippen LogP contribution in [0.4, 0.5) is 0 Å². The van der Waals surface area contributed by atoms with Crippen molar-refractivity contribution in [2.75, 3.05) is 13.2 Å². The zero-order chi connectivity index (χ0) is 31.5. The molecule has 2 aromatic carbocycles. The highest BCUT2D eigenvalue weighted by Crippen LogP contribution is 2.17. The molecule has 2 amide bonds. The first kappa shape index (κ1) is 35.3. The number of aliphatic hydroxyl groups excluding tert-OH is 1. The number of esters is 1. The normalized spacial score (nSPS) is 12.9. The third-order valence-corrected chi connectivity index (χ3v) is 7.09. The van der Waals surface area contributed by atoms with E-state index in [0.29, 0.717) is 25.9 Å². The van der Waals surface area contributed by atoms with E-state index in [0.717, 1.165) is 36.1 Å². The molecule has 0 saturated heterocycles. The average Bonchev–Trinajstić information content (AvgIpc) is 3.00. The van der Waals surface area contributed by atoms with E-state index in [4.69, 9.17) is 9.47 Å². The van der Waals surface area contributed by atoms with Gasteiger partial charge in [-0.3, -0.25) is 14.4 Å². The number of ether oxygens (including phenoxy) is 2. The van der Waals surface area contributed by atoms with Gasteiger partial charge in [0.25, 0.3) is 0 Å². The monoisotopic (exact) mass is 592 g/mol. The van der Waals surface area contributed by atoms with Gasteiger partial charge in [-0.2, -0.15) is 0 Å². The van der Waals surface area contributed by atoms with Crippen LogP contribution in [0.3, 0.4) is 0 Å². The van der Waals surface area contributed by atoms with Crippen LogP contribution < -0.4 is 15.4 Å². The van der Waals surface area contributed by atoms with Gasteiger partial charge in [0.1, 0.15) is 19.0 Å². The molecule has 0 aromatic heterocycles. The topological polar surface area (TPSA) is 114 Å². The highest BCUT2D eigenvalue weighted by molar-refractivity contribution is 5.86. The second-order valence-electron chi connectivity index (χ2n) is 11.1. The Labute approximate surface area is 256 Å². The fraction of sp³-hybridized carbons (Fsp3) is 0.457. The number of carbonyl (C=O) groups excluding carboxylic acids is 3. The summed E-state index contributed by atoms with van der Waals surface area (Å²) < 4.78 is 11.2. The molecule has 3 N–H and O–H groups in total. The molecule has 0 fully saturated rings. The molecule has 2 rings (SSSR count). The minimum atomic E-state index is -0.645. The van der Waals surface area contributed by atoms with E-state index in [2.05, 4.69) is 23.8 Å². The predicted molar refractivity (Wildman–Crippen MR) is 169 cm³/mol. The molecule has 8 nitrogen and oxygen atoms in total. The van der Waals surface area contributed by atoms with Crippen LogP contribution in [-0.4, -0.2) is 48.2 Å². The predicted octanol–water partition coefficient (Wildman–Crippen LogP) is 5.30. The maximum Gasteiger partial charge on any atom is 0.305 e. The fourth-order valence-corrected chi connectivity index (χ4v) is 4.42. The number of benzene rings is 2. The van der Waals surface area contributed by atoms with Crippen LogP contribution >= 0.6 is 0 Å². The molecule has 43 heavy (non-hydrogen) atoms. The van der Waals surface area contributed by atoms with Crippen molar-refractivity contribution in [3.8, 4) is 5.75 Å². The summed E-state index contributed by atoms with van der Waals surface area (Å²) in [6, 6.07) is 16.5. The van der Waals surface area contributed by atoms with E-state index in [-0.39, 0.29) is 49.4 Å². The molecule has 0 aliphatic heterocycles. The van der Waals surface area contributed by atoms with E-state index >= 15 is 0 Å². The molecule has 0 aliphatic rings. The molecule has 3 atom stereocenters. The minimum Gasteiger partial charge on any atom is -0.489 e. The van der Waals surface area contributed by atoms with Gasteiger partial charge in [-0.1, -0.05) is 68.5 Å². The number of carbonyl (C=O) groups is 3. The molecule has 234 valence electrons. The lowest BCUT2D eigenvalue weighted by molar-refractivity contribution is -0.145. The molecular weight excluding hydrogens is 544 g/mol. The van der Waals surface area contributed by atoms with Gasteiger partial charge in [0.05, 0.1) is 24.6 Å². The van der Waals surface area contributed by atoms with Gasteiger partial charge in [-0.25, -0.2) is 0 Å². The van der Waals surface area contributed by atoms with Gasteiger partial charge in [-0.15, -0.1) is 13.2 Å². The van der Waals surface area contributed by atoms with Crippen molar-refractivity contribution in [2.45, 2.75) is 77.5 Å². The van der Waals surface area contributed by atoms with Crippen LogP contribution in [-0.2, 0) is 32.1 Å². The van der Waals surface area contributed by atoms with E-state index in [1.54, 1.807) is 6.08 Å². The van der Waals surface area contributed by atoms with Gasteiger partial charge >= 0.3 is 5.97 Å². The fourth-order valence-electron chi connectivity index (χ4n) is 4.42. The molecule has 0 saturated carbocycles. The van der Waals surface area contributed by atoms with Gasteiger partial charge in [0.15, 0.2) is 0 Å². The molecule has 8 heteroatoms. The Hall–Kier alpha value is -3.91. The van der Waals surface area contributed by atoms with Crippen LogP contribution in [0.15, 0.2) is 79.9 Å². The smallest absolute Gasteiger partial charge is 0.305 e. The lowest BCUT2D eigenvalue weighted by atomic mass is 9.97. The van der Waals surface area contributed by atoms with Crippen molar-refractivity contribution in [1.29, 1.82) is 0 Å². The Bertz CT molecular complexity index is 1130. The van der Waals surface area contributed by atoms with Gasteiger partial charge in [0.2, 0.25) is 11.8 Å². The average molecular weight is 593 g/mol. The number of aliphatic hydroxyl groups is 1. The summed E-state index contributed by atoms with van der Waals surface area (Å²) in [6.45, 7) is 11.6. The van der Waals surface area contributed by atoms with E-state index in [1.165, 1.54) is 0 Å². The minimum absolute atomic E-state index is 0.0182. The summed E-state index contributed by atoms with van der Waals surface area (Å²) in [5.74, 6) is -0.833. The summed E-state index contributed by atoms with van der Waals surface area (Å²) in [5, 5.41) is 15.7. The molecule has 0 unspecified atom stereocenters. The lowest BCUT2D eigenvalue weighted by Crippen LogP contribution is -2.46. The summed E-state index contributed by atoms with van der Waals surface area (Å²) >= 11 is 0. The first-order valence-electron chi connectivity index (χ1n) is 15.1. The Balaban J connectivity index is 1.86. The third-order valence-electron chi connectivity index (χ3n) is 7.09. The number of hydrogen-bond donors (Lipinski definition) is 3. The van der Waals surface area contributed by atoms with Crippen LogP contribution in [0.1, 0.15) is 63.5 Å². The number of nitrogens with one attached hydrogen (secondary N) is 2. The first-order chi connectivity index (χ1) is 20.7. The second kappa shape index (κ2) is 20.1. The Morgan fingerprint density at radius 3 is 2.28 bits per heavy atom. The maximum atomic E-state index is 13.1. The van der Waals surface area contributed by atoms with Crippen molar-refractivity contribution < 1.29 is 29.0 Å². The number of allylic oxidation sites excluding steroid dienone is 2. The van der Waals surface area contributed by atoms with Gasteiger partial charge < -0.3 is 25.2 Å². The second-order valence-corrected chi connectivity index (χ2v) is 11.1. The maximum absolute atomic E-state index is 13.1. The summed E-state index contributed by atoms with van der Waals surface area (Å²) in [4.78, 5) is 38.2. The van der Waals surface area contributed by atoms with Crippen molar-refractivity contribution in [3.63, 3.8) is 0 Å². The van der Waals surface area contributed by atoms with Crippen LogP contribution in [0.2, 0.25) is 0 Å². The highest BCUT2D eigenvalue weighted by Gasteiger charge is 2.26. The van der Waals surface area contributed by atoms with Crippen molar-refractivity contribution in [1.82, 2.24) is 10.6 Å². The van der Waals surface area contributed by atoms with Gasteiger partial charge in [-0.05, 0) is 61.3 Å². The zero-order valence-electron chi connectivity index (χ0n) is 25.6. The number of hydrogen-bond acceptors (Lipinski definition) is 6. The molecular formula is C35H48N2O6. The Kier molecular flexibility index (Phi) is 16.5. The molecule has 2 aromatic rings. The molecule has 0 bridgehead atoms. The Morgan fingerprint density at radius 1 is 0.930 bits per heavy atom. The first-order valence-corrected chi connectivity index (χ1v) is 15.1. The summed E-state index contributed by atoms with van der Waals surface area (Å²) in [5.41, 5.74) is 2.01. The Morgan fingerprint density at radius 2 is 1.65 bits per heavy atom. The molecule has 0 radical (unpaired) electrons. The summed E-state index contributed by atoms with van der Waals surface area (Å²) in [6.07, 6.45) is 6.88. The lowest BCUT2D eigenvalue weighted by Gasteiger charge is -2.25. The molecule has 0 heterocycles. The third kappa shape index (κ3) is 14.2. The van der Waals surface area contributed by atoms with Crippen molar-refractivity contribution >= 4 is 17.8 Å². The SMILES string of the molecule is C=CCCCCC(=O)OC[C@@H](NC(=O)[C@H](CC=C)CC(=O)N[C@H](CO)Cc1ccc(OCc2ccccc2)cc1)C(C)C. The standard InChI is InChI=1S/C35H48N2O6/c1-5-7-8-12-16-34(40)43-25-32(26(3)4)37-35(41)29(13-6-2)22-33(39)36-30(23-38)21-27-17-19-31(20-18-27)42-24-28-14-10-9-11-15-28/h5-6,9-11,14-15,17-20,26,29-30,32,38H,1-2,7-8,12-13,16,21-25H2,3-4H3,(H,36,39)(H,37,41)/t29-,30+,32-/m1/s1. The number of amides is 2. The molecule has 0 spiro atoms. The molecule has 0 aliphatic carbocycles. The quantitative estimate of drug-likeness (QED) is 0.103. The van der Waals surface area contributed by atoms with Gasteiger partial charge in [0, 0.05) is 12.8 Å². The number of rotatable bonds is 21. The van der Waals surface area contributed by atoms with Crippen LogP contribution in [0.5, 0.6) is 5.75 Å². The van der Waals surface area contributed by atoms with Crippen LogP contribution in [0, 0.1) is 11.8 Å².